The summed E-state index contributed by atoms with van der Waals surface area (Å²) in [6, 6.07) is 6.77. The van der Waals surface area contributed by atoms with Crippen LogP contribution in [0.25, 0.3) is 0 Å². The molecule has 1 aromatic carbocycles. The van der Waals surface area contributed by atoms with Gasteiger partial charge in [-0.3, -0.25) is 5.32 Å². The molecule has 0 saturated carbocycles. The number of benzene rings is 1. The predicted octanol–water partition coefficient (Wildman–Crippen LogP) is 2.70. The van der Waals surface area contributed by atoms with E-state index >= 15 is 0 Å². The smallest absolute Gasteiger partial charge is 0.126 e. The Morgan fingerprint density at radius 2 is 2.07 bits per heavy atom. The van der Waals surface area contributed by atoms with Crippen LogP contribution in [-0.4, -0.2) is 6.04 Å². The van der Waals surface area contributed by atoms with Gasteiger partial charge in [-0.05, 0) is 38.0 Å². The third kappa shape index (κ3) is 3.03. The molecule has 0 spiro atoms. The average Bonchev–Trinajstić information content (AvgIpc) is 2.18. The Balaban J connectivity index is 2.94. The van der Waals surface area contributed by atoms with Crippen LogP contribution in [0.15, 0.2) is 18.2 Å². The second kappa shape index (κ2) is 4.90. The Morgan fingerprint density at radius 1 is 1.40 bits per heavy atom. The summed E-state index contributed by atoms with van der Waals surface area (Å²) in [5.74, 6) is -0.236. The second-order valence-electron chi connectivity index (χ2n) is 3.89. The molecule has 3 heteroatoms. The number of halogens is 1. The van der Waals surface area contributed by atoms with Crippen molar-refractivity contribution in [2.45, 2.75) is 32.9 Å². The summed E-state index contributed by atoms with van der Waals surface area (Å²) in [6.45, 7) is 5.64. The Morgan fingerprint density at radius 3 is 2.53 bits per heavy atom. The minimum Gasteiger partial charge on any atom is -0.296 e. The first-order chi connectivity index (χ1) is 7.04. The Hall–Kier alpha value is -1.40. The van der Waals surface area contributed by atoms with Crippen molar-refractivity contribution in [1.29, 1.82) is 5.26 Å². The molecule has 0 aliphatic rings. The van der Waals surface area contributed by atoms with Gasteiger partial charge in [0, 0.05) is 6.04 Å². The van der Waals surface area contributed by atoms with Gasteiger partial charge in [-0.2, -0.15) is 5.26 Å². The van der Waals surface area contributed by atoms with Crippen molar-refractivity contribution >= 4 is 0 Å². The van der Waals surface area contributed by atoms with Crippen LogP contribution in [0.3, 0.4) is 0 Å². The zero-order valence-corrected chi connectivity index (χ0v) is 9.21. The molecule has 80 valence electrons. The normalized spacial score (nSPS) is 12.5. The molecule has 0 aliphatic carbocycles. The number of aryl methyl sites for hydroxylation is 1. The molecule has 0 radical (unpaired) electrons. The summed E-state index contributed by atoms with van der Waals surface area (Å²) in [4.78, 5) is 0. The molecule has 0 saturated heterocycles. The molecule has 15 heavy (non-hydrogen) atoms. The lowest BCUT2D eigenvalue weighted by molar-refractivity contribution is 0.544. The van der Waals surface area contributed by atoms with Crippen molar-refractivity contribution in [3.8, 4) is 6.07 Å². The highest BCUT2D eigenvalue weighted by Gasteiger charge is 2.12. The topological polar surface area (TPSA) is 35.8 Å². The van der Waals surface area contributed by atoms with Crippen LogP contribution in [0.5, 0.6) is 0 Å². The van der Waals surface area contributed by atoms with E-state index in [2.05, 4.69) is 11.4 Å². The van der Waals surface area contributed by atoms with Crippen LogP contribution in [0.1, 0.15) is 31.0 Å². The van der Waals surface area contributed by atoms with E-state index in [1.807, 2.05) is 13.8 Å². The van der Waals surface area contributed by atoms with E-state index in [1.165, 1.54) is 6.07 Å². The van der Waals surface area contributed by atoms with Crippen LogP contribution < -0.4 is 5.32 Å². The summed E-state index contributed by atoms with van der Waals surface area (Å²) in [6.07, 6.45) is 0. The van der Waals surface area contributed by atoms with Crippen molar-refractivity contribution in [2.75, 3.05) is 0 Å². The molecule has 1 atom stereocenters. The Kier molecular flexibility index (Phi) is 3.81. The number of nitrogens with zero attached hydrogens (tertiary/aromatic N) is 1. The average molecular weight is 206 g/mol. The highest BCUT2D eigenvalue weighted by atomic mass is 19.1. The third-order valence-electron chi connectivity index (χ3n) is 2.14. The number of nitriles is 1. The predicted molar refractivity (Wildman–Crippen MR) is 57.8 cm³/mol. The summed E-state index contributed by atoms with van der Waals surface area (Å²) in [7, 11) is 0. The largest absolute Gasteiger partial charge is 0.296 e. The lowest BCUT2D eigenvalue weighted by atomic mass is 10.0. The number of hydrogen-bond donors (Lipinski definition) is 1. The van der Waals surface area contributed by atoms with Gasteiger partial charge in [0.1, 0.15) is 11.9 Å². The molecule has 1 rings (SSSR count). The first-order valence-corrected chi connectivity index (χ1v) is 4.96. The van der Waals surface area contributed by atoms with Gasteiger partial charge in [0.25, 0.3) is 0 Å². The van der Waals surface area contributed by atoms with Gasteiger partial charge >= 0.3 is 0 Å². The van der Waals surface area contributed by atoms with Gasteiger partial charge in [0.05, 0.1) is 6.07 Å². The van der Waals surface area contributed by atoms with Crippen LogP contribution in [0.4, 0.5) is 4.39 Å². The molecule has 0 bridgehead atoms. The van der Waals surface area contributed by atoms with E-state index in [9.17, 15) is 4.39 Å². The number of nitrogens with one attached hydrogen (secondary N) is 1. The molecular formula is C12H15FN2. The summed E-state index contributed by atoms with van der Waals surface area (Å²) in [5.41, 5.74) is 1.38. The van der Waals surface area contributed by atoms with Gasteiger partial charge in [-0.1, -0.05) is 12.1 Å². The quantitative estimate of drug-likeness (QED) is 0.825. The van der Waals surface area contributed by atoms with Crippen molar-refractivity contribution in [3.05, 3.63) is 35.1 Å². The lowest BCUT2D eigenvalue weighted by Crippen LogP contribution is -2.27. The van der Waals surface area contributed by atoms with E-state index in [-0.39, 0.29) is 17.9 Å². The molecule has 1 N–H and O–H groups in total. The highest BCUT2D eigenvalue weighted by molar-refractivity contribution is 5.29. The maximum atomic E-state index is 13.0. The second-order valence-corrected chi connectivity index (χ2v) is 3.89. The van der Waals surface area contributed by atoms with Gasteiger partial charge in [-0.25, -0.2) is 4.39 Å². The van der Waals surface area contributed by atoms with Crippen LogP contribution in [-0.2, 0) is 0 Å². The first kappa shape index (κ1) is 11.7. The van der Waals surface area contributed by atoms with E-state index in [0.717, 1.165) is 5.56 Å². The maximum absolute atomic E-state index is 13.0. The molecule has 1 unspecified atom stereocenters. The maximum Gasteiger partial charge on any atom is 0.126 e. The highest BCUT2D eigenvalue weighted by Crippen LogP contribution is 2.16. The van der Waals surface area contributed by atoms with E-state index < -0.39 is 0 Å². The Labute approximate surface area is 89.7 Å². The standard InChI is InChI=1S/C12H15FN2/c1-8(2)15-12(7-14)10-4-5-11(13)9(3)6-10/h4-6,8,12,15H,1-3H3. The Bertz CT molecular complexity index is 380. The zero-order valence-electron chi connectivity index (χ0n) is 9.21. The van der Waals surface area contributed by atoms with Crippen LogP contribution in [0.2, 0.25) is 0 Å². The number of hydrogen-bond acceptors (Lipinski definition) is 2. The van der Waals surface area contributed by atoms with Crippen molar-refractivity contribution in [2.24, 2.45) is 0 Å². The summed E-state index contributed by atoms with van der Waals surface area (Å²) in [5, 5.41) is 12.1. The van der Waals surface area contributed by atoms with Gasteiger partial charge in [-0.15, -0.1) is 0 Å². The minimum absolute atomic E-state index is 0.222. The fourth-order valence-corrected chi connectivity index (χ4v) is 1.39. The fraction of sp³-hybridized carbons (Fsp3) is 0.417. The fourth-order valence-electron chi connectivity index (χ4n) is 1.39. The zero-order chi connectivity index (χ0) is 11.4. The van der Waals surface area contributed by atoms with Crippen molar-refractivity contribution in [3.63, 3.8) is 0 Å². The van der Waals surface area contributed by atoms with Crippen molar-refractivity contribution in [1.82, 2.24) is 5.32 Å². The summed E-state index contributed by atoms with van der Waals surface area (Å²) < 4.78 is 13.0. The van der Waals surface area contributed by atoms with E-state index in [4.69, 9.17) is 5.26 Å². The SMILES string of the molecule is Cc1cc(C(C#N)NC(C)C)ccc1F. The molecule has 0 amide bonds. The van der Waals surface area contributed by atoms with Crippen molar-refractivity contribution < 1.29 is 4.39 Å². The molecule has 0 aromatic heterocycles. The van der Waals surface area contributed by atoms with Gasteiger partial charge in [0.15, 0.2) is 0 Å². The van der Waals surface area contributed by atoms with Gasteiger partial charge in [0.2, 0.25) is 0 Å². The van der Waals surface area contributed by atoms with Gasteiger partial charge < -0.3 is 0 Å². The van der Waals surface area contributed by atoms with E-state index in [0.29, 0.717) is 5.56 Å². The molecule has 0 heterocycles. The molecular weight excluding hydrogens is 191 g/mol. The summed E-state index contributed by atoms with van der Waals surface area (Å²) >= 11 is 0. The van der Waals surface area contributed by atoms with E-state index in [1.54, 1.807) is 19.1 Å². The third-order valence-corrected chi connectivity index (χ3v) is 2.14. The number of rotatable bonds is 3. The molecule has 2 nitrogen and oxygen atoms in total. The minimum atomic E-state index is -0.371. The molecule has 0 aliphatic heterocycles. The van der Waals surface area contributed by atoms with Crippen LogP contribution in [0, 0.1) is 24.1 Å². The van der Waals surface area contributed by atoms with Crippen LogP contribution >= 0.6 is 0 Å². The monoisotopic (exact) mass is 206 g/mol. The first-order valence-electron chi connectivity index (χ1n) is 4.96. The molecule has 0 fully saturated rings. The lowest BCUT2D eigenvalue weighted by Gasteiger charge is -2.15. The molecule has 1 aromatic rings.